The SMILES string of the molecule is O=C1CC(c2cnn(C(F)(F)F)c2)CCN1c1cc(-c2ccncc2)n[nH]1. The number of alkyl halides is 3. The van der Waals surface area contributed by atoms with E-state index in [2.05, 4.69) is 20.3 Å². The molecule has 4 rings (SSSR count). The van der Waals surface area contributed by atoms with Gasteiger partial charge in [-0.1, -0.05) is 0 Å². The number of pyridine rings is 1. The summed E-state index contributed by atoms with van der Waals surface area (Å²) in [6, 6.07) is 5.40. The molecule has 3 aromatic heterocycles. The van der Waals surface area contributed by atoms with Crippen LogP contribution in [-0.2, 0) is 11.1 Å². The van der Waals surface area contributed by atoms with Crippen molar-refractivity contribution in [3.05, 3.63) is 48.5 Å². The summed E-state index contributed by atoms with van der Waals surface area (Å²) >= 11 is 0. The number of anilines is 1. The smallest absolute Gasteiger partial charge is 0.297 e. The lowest BCUT2D eigenvalue weighted by atomic mass is 9.91. The van der Waals surface area contributed by atoms with Gasteiger partial charge in [0.2, 0.25) is 5.91 Å². The Balaban J connectivity index is 1.47. The minimum atomic E-state index is -4.55. The summed E-state index contributed by atoms with van der Waals surface area (Å²) in [5, 5.41) is 10.4. The van der Waals surface area contributed by atoms with Crippen LogP contribution in [0.4, 0.5) is 19.0 Å². The van der Waals surface area contributed by atoms with E-state index in [1.165, 1.54) is 6.20 Å². The molecule has 1 atom stereocenters. The predicted molar refractivity (Wildman–Crippen MR) is 89.7 cm³/mol. The van der Waals surface area contributed by atoms with E-state index in [0.29, 0.717) is 30.0 Å². The number of halogens is 3. The first-order chi connectivity index (χ1) is 12.9. The fourth-order valence-electron chi connectivity index (χ4n) is 3.18. The second-order valence-corrected chi connectivity index (χ2v) is 6.30. The molecule has 1 saturated heterocycles. The van der Waals surface area contributed by atoms with Gasteiger partial charge in [0.15, 0.2) is 0 Å². The zero-order chi connectivity index (χ0) is 19.0. The van der Waals surface area contributed by atoms with Crippen molar-refractivity contribution < 1.29 is 18.0 Å². The molecule has 4 heterocycles. The highest BCUT2D eigenvalue weighted by molar-refractivity contribution is 5.94. The average Bonchev–Trinajstić information content (AvgIpc) is 3.32. The first-order valence-electron chi connectivity index (χ1n) is 8.30. The van der Waals surface area contributed by atoms with Crippen LogP contribution in [-0.4, -0.2) is 37.4 Å². The molecule has 0 aliphatic carbocycles. The summed E-state index contributed by atoms with van der Waals surface area (Å²) < 4.78 is 38.0. The molecule has 140 valence electrons. The van der Waals surface area contributed by atoms with Gasteiger partial charge in [-0.25, -0.2) is 0 Å². The van der Waals surface area contributed by atoms with Crippen molar-refractivity contribution in [1.82, 2.24) is 25.0 Å². The molecule has 1 N–H and O–H groups in total. The van der Waals surface area contributed by atoms with Crippen LogP contribution in [0.2, 0.25) is 0 Å². The van der Waals surface area contributed by atoms with E-state index >= 15 is 0 Å². The third-order valence-corrected chi connectivity index (χ3v) is 4.59. The minimum Gasteiger partial charge on any atom is -0.297 e. The summed E-state index contributed by atoms with van der Waals surface area (Å²) in [4.78, 5) is 18.1. The highest BCUT2D eigenvalue weighted by atomic mass is 19.4. The number of piperidine rings is 1. The van der Waals surface area contributed by atoms with E-state index in [4.69, 9.17) is 0 Å². The summed E-state index contributed by atoms with van der Waals surface area (Å²) in [6.07, 6.45) is 1.54. The summed E-state index contributed by atoms with van der Waals surface area (Å²) in [5.74, 6) is 0.111. The number of aromatic amines is 1. The number of carbonyl (C=O) groups excluding carboxylic acids is 1. The van der Waals surface area contributed by atoms with Crippen molar-refractivity contribution in [2.45, 2.75) is 25.1 Å². The van der Waals surface area contributed by atoms with Gasteiger partial charge < -0.3 is 0 Å². The van der Waals surface area contributed by atoms with Crippen molar-refractivity contribution in [2.75, 3.05) is 11.4 Å². The van der Waals surface area contributed by atoms with Crippen LogP contribution in [0.3, 0.4) is 0 Å². The fraction of sp³-hybridized carbons (Fsp3) is 0.294. The van der Waals surface area contributed by atoms with Crippen LogP contribution in [0.25, 0.3) is 11.3 Å². The Labute approximate surface area is 151 Å². The normalized spacial score (nSPS) is 18.1. The maximum Gasteiger partial charge on any atom is 0.504 e. The Morgan fingerprint density at radius 2 is 2.00 bits per heavy atom. The van der Waals surface area contributed by atoms with Gasteiger partial charge in [0.05, 0.1) is 11.9 Å². The van der Waals surface area contributed by atoms with Crippen LogP contribution >= 0.6 is 0 Å². The Hall–Kier alpha value is -3.17. The van der Waals surface area contributed by atoms with Gasteiger partial charge >= 0.3 is 6.30 Å². The third kappa shape index (κ3) is 3.42. The Morgan fingerprint density at radius 3 is 2.67 bits per heavy atom. The van der Waals surface area contributed by atoms with Crippen molar-refractivity contribution in [1.29, 1.82) is 0 Å². The quantitative estimate of drug-likeness (QED) is 0.762. The largest absolute Gasteiger partial charge is 0.504 e. The van der Waals surface area contributed by atoms with E-state index in [1.54, 1.807) is 23.4 Å². The highest BCUT2D eigenvalue weighted by Gasteiger charge is 2.34. The molecule has 1 unspecified atom stereocenters. The molecule has 7 nitrogen and oxygen atoms in total. The van der Waals surface area contributed by atoms with E-state index in [1.807, 2.05) is 12.1 Å². The number of hydrogen-bond acceptors (Lipinski definition) is 4. The van der Waals surface area contributed by atoms with Gasteiger partial charge in [0, 0.05) is 43.2 Å². The first kappa shape index (κ1) is 17.3. The molecular formula is C17H15F3N6O. The monoisotopic (exact) mass is 376 g/mol. The topological polar surface area (TPSA) is 79.7 Å². The molecule has 27 heavy (non-hydrogen) atoms. The lowest BCUT2D eigenvalue weighted by Crippen LogP contribution is -2.38. The van der Waals surface area contributed by atoms with Crippen LogP contribution in [0.15, 0.2) is 43.0 Å². The number of nitrogens with one attached hydrogen (secondary N) is 1. The van der Waals surface area contributed by atoms with Gasteiger partial charge in [0.1, 0.15) is 5.82 Å². The average molecular weight is 376 g/mol. The summed E-state index contributed by atoms with van der Waals surface area (Å²) in [7, 11) is 0. The molecule has 0 saturated carbocycles. The maximum atomic E-state index is 12.7. The molecule has 0 bridgehead atoms. The van der Waals surface area contributed by atoms with Crippen molar-refractivity contribution in [3.8, 4) is 11.3 Å². The van der Waals surface area contributed by atoms with E-state index < -0.39 is 6.30 Å². The molecule has 1 aliphatic rings. The lowest BCUT2D eigenvalue weighted by Gasteiger charge is -2.30. The van der Waals surface area contributed by atoms with E-state index in [0.717, 1.165) is 11.8 Å². The van der Waals surface area contributed by atoms with Crippen molar-refractivity contribution in [3.63, 3.8) is 0 Å². The molecule has 10 heteroatoms. The molecule has 0 aromatic carbocycles. The molecule has 3 aromatic rings. The maximum absolute atomic E-state index is 12.7. The summed E-state index contributed by atoms with van der Waals surface area (Å²) in [5.41, 5.74) is 1.98. The van der Waals surface area contributed by atoms with Crippen molar-refractivity contribution >= 4 is 11.7 Å². The molecule has 1 aliphatic heterocycles. The van der Waals surface area contributed by atoms with Crippen molar-refractivity contribution in [2.24, 2.45) is 0 Å². The van der Waals surface area contributed by atoms with Crippen LogP contribution in [0.1, 0.15) is 24.3 Å². The number of rotatable bonds is 3. The van der Waals surface area contributed by atoms with Gasteiger partial charge in [-0.3, -0.25) is 19.8 Å². The highest BCUT2D eigenvalue weighted by Crippen LogP contribution is 2.33. The van der Waals surface area contributed by atoms with Crippen LogP contribution in [0, 0.1) is 0 Å². The Bertz CT molecular complexity index is 949. The second kappa shape index (κ2) is 6.53. The number of carbonyl (C=O) groups is 1. The minimum absolute atomic E-state index is 0.0327. The van der Waals surface area contributed by atoms with Gasteiger partial charge in [-0.2, -0.15) is 14.9 Å². The number of hydrogen-bond donors (Lipinski definition) is 1. The lowest BCUT2D eigenvalue weighted by molar-refractivity contribution is -0.212. The zero-order valence-corrected chi connectivity index (χ0v) is 14.0. The van der Waals surface area contributed by atoms with Crippen LogP contribution < -0.4 is 4.90 Å². The van der Waals surface area contributed by atoms with Gasteiger partial charge in [0.25, 0.3) is 0 Å². The molecular weight excluding hydrogens is 361 g/mol. The van der Waals surface area contributed by atoms with Gasteiger partial charge in [-0.15, -0.1) is 13.2 Å². The van der Waals surface area contributed by atoms with E-state index in [9.17, 15) is 18.0 Å². The predicted octanol–water partition coefficient (Wildman–Crippen LogP) is 3.06. The second-order valence-electron chi connectivity index (χ2n) is 6.30. The number of aromatic nitrogens is 5. The van der Waals surface area contributed by atoms with E-state index in [-0.39, 0.29) is 22.9 Å². The third-order valence-electron chi connectivity index (χ3n) is 4.59. The molecule has 0 radical (unpaired) electrons. The number of nitrogens with zero attached hydrogens (tertiary/aromatic N) is 5. The number of H-pyrrole nitrogens is 1. The standard InChI is InChI=1S/C17H15F3N6O/c18-17(19,20)26-10-13(9-22-26)12-3-6-25(16(27)7-12)15-8-14(23-24-15)11-1-4-21-5-2-11/h1-2,4-5,8-10,12H,3,6-7H2,(H,23,24). The molecule has 1 fully saturated rings. The first-order valence-corrected chi connectivity index (χ1v) is 8.30. The van der Waals surface area contributed by atoms with Gasteiger partial charge in [-0.05, 0) is 30.0 Å². The Morgan fingerprint density at radius 1 is 1.22 bits per heavy atom. The number of amides is 1. The van der Waals surface area contributed by atoms with Crippen LogP contribution in [0.5, 0.6) is 0 Å². The molecule has 1 amide bonds. The summed E-state index contributed by atoms with van der Waals surface area (Å²) in [6.45, 7) is 0.388. The fourth-order valence-corrected chi connectivity index (χ4v) is 3.18. The Kier molecular flexibility index (Phi) is 4.17. The zero-order valence-electron chi connectivity index (χ0n) is 14.0. The molecule has 0 spiro atoms.